The first-order valence-corrected chi connectivity index (χ1v) is 11.4. The highest BCUT2D eigenvalue weighted by Crippen LogP contribution is 2.33. The summed E-state index contributed by atoms with van der Waals surface area (Å²) in [6, 6.07) is 4.85. The Balaban J connectivity index is 0.000000312. The maximum Gasteiger partial charge on any atom is 0.573 e. The van der Waals surface area contributed by atoms with Crippen LogP contribution in [0.15, 0.2) is 24.3 Å². The number of anilines is 1. The van der Waals surface area contributed by atoms with Gasteiger partial charge in [-0.3, -0.25) is 9.59 Å². The van der Waals surface area contributed by atoms with Gasteiger partial charge in [0.25, 0.3) is 0 Å². The Morgan fingerprint density at radius 1 is 0.811 bits per heavy atom. The molecule has 0 atom stereocenters. The van der Waals surface area contributed by atoms with Crippen LogP contribution < -0.4 is 10.1 Å². The van der Waals surface area contributed by atoms with Gasteiger partial charge in [-0.1, -0.05) is 6.92 Å². The van der Waals surface area contributed by atoms with E-state index in [0.29, 0.717) is 44.5 Å². The second-order valence-electron chi connectivity index (χ2n) is 9.49. The van der Waals surface area contributed by atoms with Gasteiger partial charge in [0.05, 0.1) is 10.8 Å². The number of hydrogen-bond donors (Lipinski definition) is 4. The molecule has 3 amide bonds. The lowest BCUT2D eigenvalue weighted by Gasteiger charge is -2.36. The van der Waals surface area contributed by atoms with Gasteiger partial charge >= 0.3 is 24.5 Å². The van der Waals surface area contributed by atoms with Gasteiger partial charge in [-0.2, -0.15) is 0 Å². The van der Waals surface area contributed by atoms with E-state index in [1.807, 2.05) is 0 Å². The molecule has 2 aliphatic heterocycles. The van der Waals surface area contributed by atoms with E-state index in [1.54, 1.807) is 13.8 Å². The van der Waals surface area contributed by atoms with Gasteiger partial charge in [0.2, 0.25) is 5.91 Å². The van der Waals surface area contributed by atoms with Gasteiger partial charge in [-0.05, 0) is 56.9 Å². The molecule has 206 valence electrons. The quantitative estimate of drug-likeness (QED) is 0.450. The maximum absolute atomic E-state index is 12.4. The molecule has 37 heavy (non-hydrogen) atoms. The fraction of sp³-hybridized carbons (Fsp3) is 0.565. The molecule has 2 heterocycles. The van der Waals surface area contributed by atoms with E-state index in [4.69, 9.17) is 15.3 Å². The number of carbonyl (C=O) groups is 4. The first-order valence-electron chi connectivity index (χ1n) is 11.4. The Bertz CT molecular complexity index is 984. The third-order valence-corrected chi connectivity index (χ3v) is 6.69. The van der Waals surface area contributed by atoms with Crippen molar-refractivity contribution in [2.45, 2.75) is 45.9 Å². The number of nitrogens with one attached hydrogen (secondary N) is 1. The van der Waals surface area contributed by atoms with Crippen LogP contribution >= 0.6 is 0 Å². The summed E-state index contributed by atoms with van der Waals surface area (Å²) >= 11 is 0. The SMILES string of the molecule is CC1(C(=O)Nc2ccc(OC(F)(F)F)cc2)CCN(C(=O)O)CC1.CC1(C(=O)O)CCN(C(=O)O)CC1. The van der Waals surface area contributed by atoms with Crippen molar-refractivity contribution in [3.63, 3.8) is 0 Å². The smallest absolute Gasteiger partial charge is 0.481 e. The molecule has 2 aliphatic rings. The predicted molar refractivity (Wildman–Crippen MR) is 123 cm³/mol. The van der Waals surface area contributed by atoms with Crippen LogP contribution in [0.4, 0.5) is 28.4 Å². The van der Waals surface area contributed by atoms with Crippen LogP contribution in [0.3, 0.4) is 0 Å². The Hall–Kier alpha value is -3.71. The number of hydrogen-bond acceptors (Lipinski definition) is 5. The number of rotatable bonds is 4. The highest BCUT2D eigenvalue weighted by Gasteiger charge is 2.39. The largest absolute Gasteiger partial charge is 0.573 e. The summed E-state index contributed by atoms with van der Waals surface area (Å²) in [5.74, 6) is -1.50. The summed E-state index contributed by atoms with van der Waals surface area (Å²) in [5, 5.41) is 29.0. The van der Waals surface area contributed by atoms with Gasteiger partial charge in [0, 0.05) is 31.9 Å². The number of carbonyl (C=O) groups excluding carboxylic acids is 1. The van der Waals surface area contributed by atoms with Gasteiger partial charge in [0.1, 0.15) is 5.75 Å². The minimum atomic E-state index is -4.77. The number of piperidine rings is 2. The first-order chi connectivity index (χ1) is 17.0. The van der Waals surface area contributed by atoms with Crippen LogP contribution in [0.2, 0.25) is 0 Å². The maximum atomic E-state index is 12.4. The molecule has 0 aromatic heterocycles. The predicted octanol–water partition coefficient (Wildman–Crippen LogP) is 4.15. The number of halogens is 3. The molecule has 2 saturated heterocycles. The molecule has 0 aliphatic carbocycles. The summed E-state index contributed by atoms with van der Waals surface area (Å²) in [7, 11) is 0. The summed E-state index contributed by atoms with van der Waals surface area (Å²) < 4.78 is 40.0. The number of carboxylic acids is 1. The number of ether oxygens (including phenoxy) is 1. The lowest BCUT2D eigenvalue weighted by Crippen LogP contribution is -2.46. The molecule has 0 saturated carbocycles. The van der Waals surface area contributed by atoms with Crippen molar-refractivity contribution in [1.82, 2.24) is 9.80 Å². The molecule has 0 radical (unpaired) electrons. The van der Waals surface area contributed by atoms with E-state index in [-0.39, 0.29) is 24.7 Å². The topological polar surface area (TPSA) is 157 Å². The molecular formula is C23H30F3N3O8. The van der Waals surface area contributed by atoms with Crippen LogP contribution in [-0.2, 0) is 9.59 Å². The zero-order valence-corrected chi connectivity index (χ0v) is 20.4. The van der Waals surface area contributed by atoms with Crippen molar-refractivity contribution in [3.05, 3.63) is 24.3 Å². The summed E-state index contributed by atoms with van der Waals surface area (Å²) in [6.07, 6.45) is -5.20. The third kappa shape index (κ3) is 8.43. The van der Waals surface area contributed by atoms with Crippen LogP contribution in [0, 0.1) is 10.8 Å². The molecule has 0 spiro atoms. The number of aliphatic carboxylic acids is 1. The molecular weight excluding hydrogens is 503 g/mol. The van der Waals surface area contributed by atoms with Crippen molar-refractivity contribution in [2.75, 3.05) is 31.5 Å². The number of carboxylic acid groups (broad SMARTS) is 3. The van der Waals surface area contributed by atoms with Crippen molar-refractivity contribution in [1.29, 1.82) is 0 Å². The van der Waals surface area contributed by atoms with Crippen molar-refractivity contribution in [2.24, 2.45) is 10.8 Å². The highest BCUT2D eigenvalue weighted by molar-refractivity contribution is 5.95. The molecule has 11 nitrogen and oxygen atoms in total. The van der Waals surface area contributed by atoms with E-state index in [9.17, 15) is 32.3 Å². The van der Waals surface area contributed by atoms with Gasteiger partial charge < -0.3 is 35.2 Å². The van der Waals surface area contributed by atoms with Crippen molar-refractivity contribution >= 4 is 29.8 Å². The van der Waals surface area contributed by atoms with Crippen LogP contribution in [0.5, 0.6) is 5.75 Å². The van der Waals surface area contributed by atoms with Crippen LogP contribution in [0.25, 0.3) is 0 Å². The lowest BCUT2D eigenvalue weighted by atomic mass is 9.79. The van der Waals surface area contributed by atoms with Crippen molar-refractivity contribution < 1.29 is 52.4 Å². The molecule has 0 unspecified atom stereocenters. The van der Waals surface area contributed by atoms with Gasteiger partial charge in [0.15, 0.2) is 0 Å². The Morgan fingerprint density at radius 3 is 1.57 bits per heavy atom. The average molecular weight is 534 g/mol. The summed E-state index contributed by atoms with van der Waals surface area (Å²) in [4.78, 5) is 47.1. The van der Waals surface area contributed by atoms with Gasteiger partial charge in [-0.25, -0.2) is 9.59 Å². The molecule has 4 N–H and O–H groups in total. The first kappa shape index (κ1) is 29.5. The van der Waals surface area contributed by atoms with E-state index in [1.165, 1.54) is 21.9 Å². The summed E-state index contributed by atoms with van der Waals surface area (Å²) in [5.41, 5.74) is -1.13. The second-order valence-corrected chi connectivity index (χ2v) is 9.49. The summed E-state index contributed by atoms with van der Waals surface area (Å²) in [6.45, 7) is 4.56. The van der Waals surface area contributed by atoms with Crippen LogP contribution in [0.1, 0.15) is 39.5 Å². The van der Waals surface area contributed by atoms with Crippen molar-refractivity contribution in [3.8, 4) is 5.75 Å². The number of nitrogens with zero attached hydrogens (tertiary/aromatic N) is 2. The van der Waals surface area contributed by atoms with Gasteiger partial charge in [-0.15, -0.1) is 13.2 Å². The standard InChI is InChI=1S/C15H17F3N2O4.C8H13NO4/c1-14(6-8-20(9-7-14)13(22)23)12(21)19-10-2-4-11(5-3-10)24-15(16,17)18;1-8(6(10)11)2-4-9(5-3-8)7(12)13/h2-5H,6-9H2,1H3,(H,19,21)(H,22,23);2-5H2,1H3,(H,10,11)(H,12,13). The zero-order valence-electron chi connectivity index (χ0n) is 20.4. The molecule has 2 fully saturated rings. The third-order valence-electron chi connectivity index (χ3n) is 6.69. The number of likely N-dealkylation sites (tertiary alicyclic amines) is 2. The average Bonchev–Trinajstić information content (AvgIpc) is 2.80. The monoisotopic (exact) mass is 533 g/mol. The Morgan fingerprint density at radius 2 is 1.22 bits per heavy atom. The molecule has 14 heteroatoms. The minimum Gasteiger partial charge on any atom is -0.481 e. The van der Waals surface area contributed by atoms with E-state index in [0.717, 1.165) is 12.1 Å². The van der Waals surface area contributed by atoms with Crippen LogP contribution in [-0.4, -0.2) is 81.7 Å². The fourth-order valence-corrected chi connectivity index (χ4v) is 3.85. The van der Waals surface area contributed by atoms with E-state index in [2.05, 4.69) is 10.1 Å². The molecule has 3 rings (SSSR count). The second kappa shape index (κ2) is 11.6. The normalized spacial score (nSPS) is 18.6. The fourth-order valence-electron chi connectivity index (χ4n) is 3.85. The van der Waals surface area contributed by atoms with E-state index >= 15 is 0 Å². The Labute approximate surface area is 210 Å². The number of alkyl halides is 3. The zero-order chi connectivity index (χ0) is 28.0. The molecule has 0 bridgehead atoms. The van der Waals surface area contributed by atoms with E-state index < -0.39 is 35.3 Å². The minimum absolute atomic E-state index is 0.262. The molecule has 1 aromatic rings. The number of amides is 3. The highest BCUT2D eigenvalue weighted by atomic mass is 19.4. The lowest BCUT2D eigenvalue weighted by molar-refractivity contribution is -0.274. The number of benzene rings is 1. The Kier molecular flexibility index (Phi) is 9.22. The molecule has 1 aromatic carbocycles.